The second-order valence-corrected chi connectivity index (χ2v) is 1.99. The van der Waals surface area contributed by atoms with Gasteiger partial charge in [0.15, 0.2) is 11.8 Å². The SMILES string of the molecule is NC(C(=O)O)C(=O)CCC=O. The number of nitrogens with two attached hydrogens (primary N) is 1. The lowest BCUT2D eigenvalue weighted by Crippen LogP contribution is -2.38. The molecule has 0 heterocycles. The Bertz CT molecular complexity index is 177. The van der Waals surface area contributed by atoms with Gasteiger partial charge in [-0.05, 0) is 0 Å². The zero-order chi connectivity index (χ0) is 8.85. The summed E-state index contributed by atoms with van der Waals surface area (Å²) in [4.78, 5) is 30.5. The predicted molar refractivity (Wildman–Crippen MR) is 35.9 cm³/mol. The summed E-state index contributed by atoms with van der Waals surface area (Å²) < 4.78 is 0. The Morgan fingerprint density at radius 2 is 2.09 bits per heavy atom. The first kappa shape index (κ1) is 9.77. The number of rotatable bonds is 5. The van der Waals surface area contributed by atoms with Crippen LogP contribution < -0.4 is 5.73 Å². The van der Waals surface area contributed by atoms with Gasteiger partial charge in [-0.15, -0.1) is 0 Å². The molecular formula is C6H9NO4. The van der Waals surface area contributed by atoms with E-state index < -0.39 is 17.8 Å². The largest absolute Gasteiger partial charge is 0.480 e. The molecule has 3 N–H and O–H groups in total. The summed E-state index contributed by atoms with van der Waals surface area (Å²) in [6.07, 6.45) is 0.475. The maximum Gasteiger partial charge on any atom is 0.328 e. The topological polar surface area (TPSA) is 97.5 Å². The first-order chi connectivity index (χ1) is 5.09. The van der Waals surface area contributed by atoms with Crippen LogP contribution in [0.25, 0.3) is 0 Å². The molecule has 5 heteroatoms. The van der Waals surface area contributed by atoms with Crippen LogP contribution in [0.15, 0.2) is 0 Å². The van der Waals surface area contributed by atoms with Crippen molar-refractivity contribution in [2.24, 2.45) is 5.73 Å². The summed E-state index contributed by atoms with van der Waals surface area (Å²) in [6, 6.07) is -1.49. The lowest BCUT2D eigenvalue weighted by atomic mass is 10.1. The molecule has 0 aliphatic heterocycles. The molecule has 0 aliphatic carbocycles. The molecule has 0 radical (unpaired) electrons. The highest BCUT2D eigenvalue weighted by Crippen LogP contribution is 1.91. The average molecular weight is 159 g/mol. The molecule has 0 aromatic carbocycles. The Labute approximate surface area is 63.2 Å². The second-order valence-electron chi connectivity index (χ2n) is 1.99. The van der Waals surface area contributed by atoms with Crippen LogP contribution in [-0.4, -0.2) is 29.2 Å². The normalized spacial score (nSPS) is 12.1. The van der Waals surface area contributed by atoms with Crippen LogP contribution in [0, 0.1) is 0 Å². The maximum absolute atomic E-state index is 10.7. The van der Waals surface area contributed by atoms with E-state index in [4.69, 9.17) is 10.8 Å². The van der Waals surface area contributed by atoms with Gasteiger partial charge in [0, 0.05) is 12.8 Å². The van der Waals surface area contributed by atoms with Crippen LogP contribution in [-0.2, 0) is 14.4 Å². The fourth-order valence-electron chi connectivity index (χ4n) is 0.494. The van der Waals surface area contributed by atoms with Gasteiger partial charge in [-0.2, -0.15) is 0 Å². The van der Waals surface area contributed by atoms with Crippen LogP contribution >= 0.6 is 0 Å². The fourth-order valence-corrected chi connectivity index (χ4v) is 0.494. The van der Waals surface area contributed by atoms with Gasteiger partial charge in [-0.1, -0.05) is 0 Å². The second kappa shape index (κ2) is 4.56. The van der Waals surface area contributed by atoms with Crippen molar-refractivity contribution in [1.82, 2.24) is 0 Å². The van der Waals surface area contributed by atoms with Crippen molar-refractivity contribution < 1.29 is 19.5 Å². The van der Waals surface area contributed by atoms with Crippen molar-refractivity contribution in [1.29, 1.82) is 0 Å². The fraction of sp³-hybridized carbons (Fsp3) is 0.500. The van der Waals surface area contributed by atoms with E-state index in [1.165, 1.54) is 0 Å². The monoisotopic (exact) mass is 159 g/mol. The molecule has 0 bridgehead atoms. The zero-order valence-electron chi connectivity index (χ0n) is 5.82. The molecule has 0 saturated heterocycles. The predicted octanol–water partition coefficient (Wildman–Crippen LogP) is -1.05. The highest BCUT2D eigenvalue weighted by molar-refractivity contribution is 6.02. The van der Waals surface area contributed by atoms with Crippen LogP contribution in [0.3, 0.4) is 0 Å². The van der Waals surface area contributed by atoms with Crippen molar-refractivity contribution in [3.63, 3.8) is 0 Å². The minimum atomic E-state index is -1.49. The number of hydrogen-bond acceptors (Lipinski definition) is 4. The van der Waals surface area contributed by atoms with E-state index in [-0.39, 0.29) is 12.8 Å². The summed E-state index contributed by atoms with van der Waals surface area (Å²) in [7, 11) is 0. The highest BCUT2D eigenvalue weighted by atomic mass is 16.4. The molecule has 0 saturated carbocycles. The van der Waals surface area contributed by atoms with Crippen molar-refractivity contribution in [3.05, 3.63) is 0 Å². The quantitative estimate of drug-likeness (QED) is 0.394. The van der Waals surface area contributed by atoms with Crippen LogP contribution in [0.5, 0.6) is 0 Å². The molecule has 5 nitrogen and oxygen atoms in total. The van der Waals surface area contributed by atoms with Crippen molar-refractivity contribution in [2.45, 2.75) is 18.9 Å². The van der Waals surface area contributed by atoms with E-state index in [1.54, 1.807) is 0 Å². The number of carboxylic acid groups (broad SMARTS) is 1. The van der Waals surface area contributed by atoms with Crippen molar-refractivity contribution >= 4 is 18.0 Å². The Morgan fingerprint density at radius 1 is 1.55 bits per heavy atom. The van der Waals surface area contributed by atoms with Gasteiger partial charge in [0.2, 0.25) is 0 Å². The minimum Gasteiger partial charge on any atom is -0.480 e. The van der Waals surface area contributed by atoms with E-state index in [2.05, 4.69) is 0 Å². The molecule has 1 unspecified atom stereocenters. The molecule has 0 aliphatic rings. The summed E-state index contributed by atoms with van der Waals surface area (Å²) in [5.74, 6) is -1.98. The average Bonchev–Trinajstić information content (AvgIpc) is 1.98. The standard InChI is InChI=1S/C6H9NO4/c7-5(6(10)11)4(9)2-1-3-8/h3,5H,1-2,7H2,(H,10,11). The third-order valence-corrected chi connectivity index (χ3v) is 1.12. The molecular weight excluding hydrogens is 150 g/mol. The van der Waals surface area contributed by atoms with Crippen molar-refractivity contribution in [3.8, 4) is 0 Å². The van der Waals surface area contributed by atoms with E-state index >= 15 is 0 Å². The summed E-state index contributed by atoms with van der Waals surface area (Å²) in [6.45, 7) is 0. The zero-order valence-corrected chi connectivity index (χ0v) is 5.82. The Morgan fingerprint density at radius 3 is 2.45 bits per heavy atom. The van der Waals surface area contributed by atoms with Gasteiger partial charge in [0.05, 0.1) is 0 Å². The number of Topliss-reactive ketones (excluding diaryl/α,β-unsaturated/α-hetero) is 1. The first-order valence-electron chi connectivity index (χ1n) is 3.04. The summed E-state index contributed by atoms with van der Waals surface area (Å²) in [5, 5.41) is 8.22. The Kier molecular flexibility index (Phi) is 4.05. The first-order valence-corrected chi connectivity index (χ1v) is 3.04. The summed E-state index contributed by atoms with van der Waals surface area (Å²) in [5.41, 5.74) is 4.94. The van der Waals surface area contributed by atoms with Gasteiger partial charge in [-0.25, -0.2) is 0 Å². The van der Waals surface area contributed by atoms with Crippen LogP contribution in [0.4, 0.5) is 0 Å². The number of ketones is 1. The Balaban J connectivity index is 3.82. The Hall–Kier alpha value is -1.23. The molecule has 0 spiro atoms. The van der Waals surface area contributed by atoms with E-state index in [1.807, 2.05) is 0 Å². The van der Waals surface area contributed by atoms with Gasteiger partial charge >= 0.3 is 5.97 Å². The molecule has 0 amide bonds. The summed E-state index contributed by atoms with van der Waals surface area (Å²) >= 11 is 0. The van der Waals surface area contributed by atoms with Crippen LogP contribution in [0.1, 0.15) is 12.8 Å². The lowest BCUT2D eigenvalue weighted by molar-refractivity contribution is -0.142. The number of hydrogen-bond donors (Lipinski definition) is 2. The molecule has 0 fully saturated rings. The molecule has 1 atom stereocenters. The van der Waals surface area contributed by atoms with Crippen LogP contribution in [0.2, 0.25) is 0 Å². The molecule has 0 rings (SSSR count). The van der Waals surface area contributed by atoms with Crippen molar-refractivity contribution in [2.75, 3.05) is 0 Å². The third kappa shape index (κ3) is 3.47. The highest BCUT2D eigenvalue weighted by Gasteiger charge is 2.19. The van der Waals surface area contributed by atoms with Gasteiger partial charge < -0.3 is 15.6 Å². The van der Waals surface area contributed by atoms with E-state index in [0.29, 0.717) is 6.29 Å². The number of aliphatic carboxylic acids is 1. The molecule has 11 heavy (non-hydrogen) atoms. The minimum absolute atomic E-state index is 0.0276. The van der Waals surface area contributed by atoms with Gasteiger partial charge in [-0.3, -0.25) is 9.59 Å². The molecule has 0 aromatic rings. The number of aldehydes is 1. The number of carbonyl (C=O) groups is 3. The third-order valence-electron chi connectivity index (χ3n) is 1.12. The molecule has 62 valence electrons. The van der Waals surface area contributed by atoms with E-state index in [0.717, 1.165) is 0 Å². The lowest BCUT2D eigenvalue weighted by Gasteiger charge is -2.01. The smallest absolute Gasteiger partial charge is 0.328 e. The number of carboxylic acids is 1. The molecule has 0 aromatic heterocycles. The number of carbonyl (C=O) groups excluding carboxylic acids is 2. The van der Waals surface area contributed by atoms with E-state index in [9.17, 15) is 14.4 Å². The van der Waals surface area contributed by atoms with Gasteiger partial charge in [0.25, 0.3) is 0 Å². The maximum atomic E-state index is 10.7. The van der Waals surface area contributed by atoms with Gasteiger partial charge in [0.1, 0.15) is 6.29 Å².